The zero-order valence-corrected chi connectivity index (χ0v) is 12.5. The highest BCUT2D eigenvalue weighted by molar-refractivity contribution is 7.89. The van der Waals surface area contributed by atoms with E-state index in [0.717, 1.165) is 5.56 Å². The van der Waals surface area contributed by atoms with Crippen LogP contribution in [0.5, 0.6) is 0 Å². The smallest absolute Gasteiger partial charge is 0.255 e. The number of rotatable bonds is 4. The highest BCUT2D eigenvalue weighted by Crippen LogP contribution is 2.16. The minimum Gasteiger partial charge on any atom is -0.322 e. The number of halogens is 1. The van der Waals surface area contributed by atoms with Crippen LogP contribution in [0.25, 0.3) is 0 Å². The Morgan fingerprint density at radius 3 is 2.52 bits per heavy atom. The number of primary sulfonamides is 1. The quantitative estimate of drug-likeness (QED) is 0.846. The van der Waals surface area contributed by atoms with Crippen LogP contribution in [0.3, 0.4) is 0 Å². The zero-order valence-electron chi connectivity index (χ0n) is 10.9. The fourth-order valence-corrected chi connectivity index (χ4v) is 2.48. The van der Waals surface area contributed by atoms with Gasteiger partial charge in [-0.3, -0.25) is 4.79 Å². The minimum atomic E-state index is -3.81. The van der Waals surface area contributed by atoms with Gasteiger partial charge in [0, 0.05) is 17.1 Å². The number of alkyl halides is 1. The Hall–Kier alpha value is -1.89. The third-order valence-corrected chi connectivity index (χ3v) is 3.98. The first-order valence-corrected chi connectivity index (χ1v) is 8.07. The van der Waals surface area contributed by atoms with Crippen molar-refractivity contribution < 1.29 is 13.2 Å². The average molecular weight is 325 g/mol. The van der Waals surface area contributed by atoms with Gasteiger partial charge in [0.1, 0.15) is 0 Å². The van der Waals surface area contributed by atoms with Crippen molar-refractivity contribution in [3.05, 3.63) is 59.7 Å². The van der Waals surface area contributed by atoms with Crippen molar-refractivity contribution in [1.29, 1.82) is 0 Å². The van der Waals surface area contributed by atoms with E-state index in [9.17, 15) is 13.2 Å². The molecule has 0 aliphatic rings. The number of hydrogen-bond acceptors (Lipinski definition) is 3. The summed E-state index contributed by atoms with van der Waals surface area (Å²) < 4.78 is 22.5. The molecule has 0 bridgehead atoms. The van der Waals surface area contributed by atoms with Gasteiger partial charge in [-0.2, -0.15) is 0 Å². The maximum Gasteiger partial charge on any atom is 0.255 e. The summed E-state index contributed by atoms with van der Waals surface area (Å²) in [4.78, 5) is 12.0. The summed E-state index contributed by atoms with van der Waals surface area (Å²) in [6.07, 6.45) is 0. The van der Waals surface area contributed by atoms with Crippen LogP contribution in [0.1, 0.15) is 15.9 Å². The molecule has 3 N–H and O–H groups in total. The van der Waals surface area contributed by atoms with Crippen molar-refractivity contribution in [3.63, 3.8) is 0 Å². The largest absolute Gasteiger partial charge is 0.322 e. The predicted octanol–water partition coefficient (Wildman–Crippen LogP) is 2.33. The predicted molar refractivity (Wildman–Crippen MR) is 81.8 cm³/mol. The van der Waals surface area contributed by atoms with Crippen molar-refractivity contribution in [2.45, 2.75) is 10.8 Å². The van der Waals surface area contributed by atoms with Gasteiger partial charge in [0.15, 0.2) is 0 Å². The average Bonchev–Trinajstić information content (AvgIpc) is 2.46. The van der Waals surface area contributed by atoms with Crippen molar-refractivity contribution >= 4 is 33.2 Å². The molecule has 2 aromatic rings. The molecule has 0 aliphatic carbocycles. The molecule has 1 amide bonds. The lowest BCUT2D eigenvalue weighted by molar-refractivity contribution is 0.102. The molecule has 0 spiro atoms. The first-order chi connectivity index (χ1) is 9.90. The molecule has 0 saturated carbocycles. The molecule has 0 fully saturated rings. The van der Waals surface area contributed by atoms with Crippen LogP contribution in [-0.2, 0) is 15.9 Å². The van der Waals surface area contributed by atoms with Gasteiger partial charge in [-0.1, -0.05) is 18.2 Å². The summed E-state index contributed by atoms with van der Waals surface area (Å²) in [5.74, 6) is -0.0456. The van der Waals surface area contributed by atoms with Crippen LogP contribution in [0.15, 0.2) is 53.4 Å². The summed E-state index contributed by atoms with van der Waals surface area (Å²) in [5, 5.41) is 7.67. The maximum atomic E-state index is 12.1. The molecule has 7 heteroatoms. The van der Waals surface area contributed by atoms with Crippen molar-refractivity contribution in [1.82, 2.24) is 0 Å². The molecular weight excluding hydrogens is 312 g/mol. The number of carbonyl (C=O) groups is 1. The summed E-state index contributed by atoms with van der Waals surface area (Å²) in [5.41, 5.74) is 1.61. The van der Waals surface area contributed by atoms with Gasteiger partial charge in [-0.15, -0.1) is 11.6 Å². The Bertz CT molecular complexity index is 775. The van der Waals surface area contributed by atoms with E-state index in [1.165, 1.54) is 18.2 Å². The molecule has 0 heterocycles. The SMILES string of the molecule is NS(=O)(=O)c1cccc(NC(=O)c2cccc(CCl)c2)c1. The van der Waals surface area contributed by atoms with Gasteiger partial charge in [0.05, 0.1) is 4.90 Å². The lowest BCUT2D eigenvalue weighted by Crippen LogP contribution is -2.15. The molecule has 21 heavy (non-hydrogen) atoms. The summed E-state index contributed by atoms with van der Waals surface area (Å²) in [7, 11) is -3.81. The van der Waals surface area contributed by atoms with Gasteiger partial charge in [-0.25, -0.2) is 13.6 Å². The van der Waals surface area contributed by atoms with Crippen molar-refractivity contribution in [2.24, 2.45) is 5.14 Å². The summed E-state index contributed by atoms with van der Waals surface area (Å²) in [6.45, 7) is 0. The summed E-state index contributed by atoms with van der Waals surface area (Å²) >= 11 is 5.72. The third-order valence-electron chi connectivity index (χ3n) is 2.76. The highest BCUT2D eigenvalue weighted by atomic mass is 35.5. The number of amides is 1. The second-order valence-corrected chi connectivity index (χ2v) is 6.19. The molecule has 0 aromatic heterocycles. The monoisotopic (exact) mass is 324 g/mol. The molecule has 2 rings (SSSR count). The van der Waals surface area contributed by atoms with E-state index in [1.807, 2.05) is 6.07 Å². The van der Waals surface area contributed by atoms with Crippen molar-refractivity contribution in [3.8, 4) is 0 Å². The van der Waals surface area contributed by atoms with Gasteiger partial charge < -0.3 is 5.32 Å². The molecule has 2 aromatic carbocycles. The number of benzene rings is 2. The van der Waals surface area contributed by atoms with Gasteiger partial charge >= 0.3 is 0 Å². The molecular formula is C14H13ClN2O3S. The van der Waals surface area contributed by atoms with E-state index in [4.69, 9.17) is 16.7 Å². The zero-order chi connectivity index (χ0) is 15.5. The standard InChI is InChI=1S/C14H13ClN2O3S/c15-9-10-3-1-4-11(7-10)14(18)17-12-5-2-6-13(8-12)21(16,19)20/h1-8H,9H2,(H,17,18)(H2,16,19,20). The number of carbonyl (C=O) groups excluding carboxylic acids is 1. The van der Waals surface area contributed by atoms with Crippen LogP contribution in [0, 0.1) is 0 Å². The minimum absolute atomic E-state index is 0.0604. The van der Waals surface area contributed by atoms with Crippen LogP contribution >= 0.6 is 11.6 Å². The fourth-order valence-electron chi connectivity index (χ4n) is 1.75. The number of sulfonamides is 1. The van der Waals surface area contributed by atoms with E-state index in [-0.39, 0.29) is 10.8 Å². The Labute approximate surface area is 127 Å². The topological polar surface area (TPSA) is 89.3 Å². The molecule has 0 atom stereocenters. The molecule has 110 valence electrons. The molecule has 0 unspecified atom stereocenters. The Kier molecular flexibility index (Phi) is 4.62. The Balaban J connectivity index is 2.23. The number of nitrogens with two attached hydrogens (primary N) is 1. The number of anilines is 1. The van der Waals surface area contributed by atoms with Crippen LogP contribution in [0.2, 0.25) is 0 Å². The van der Waals surface area contributed by atoms with E-state index < -0.39 is 10.0 Å². The maximum absolute atomic E-state index is 12.1. The Morgan fingerprint density at radius 2 is 1.86 bits per heavy atom. The summed E-state index contributed by atoms with van der Waals surface area (Å²) in [6, 6.07) is 12.6. The molecule has 5 nitrogen and oxygen atoms in total. The fraction of sp³-hybridized carbons (Fsp3) is 0.0714. The molecule has 0 saturated heterocycles. The first-order valence-electron chi connectivity index (χ1n) is 5.99. The Morgan fingerprint density at radius 1 is 1.14 bits per heavy atom. The second kappa shape index (κ2) is 6.26. The van der Waals surface area contributed by atoms with Gasteiger partial charge in [-0.05, 0) is 35.9 Å². The molecule has 0 aliphatic heterocycles. The van der Waals surface area contributed by atoms with E-state index in [2.05, 4.69) is 5.32 Å². The van der Waals surface area contributed by atoms with E-state index in [0.29, 0.717) is 17.1 Å². The van der Waals surface area contributed by atoms with Gasteiger partial charge in [0.25, 0.3) is 5.91 Å². The van der Waals surface area contributed by atoms with Crippen molar-refractivity contribution in [2.75, 3.05) is 5.32 Å². The highest BCUT2D eigenvalue weighted by Gasteiger charge is 2.10. The van der Waals surface area contributed by atoms with Crippen LogP contribution in [0.4, 0.5) is 5.69 Å². The first kappa shape index (κ1) is 15.5. The third kappa shape index (κ3) is 4.04. The normalized spacial score (nSPS) is 11.1. The second-order valence-electron chi connectivity index (χ2n) is 4.36. The van der Waals surface area contributed by atoms with Crippen LogP contribution in [-0.4, -0.2) is 14.3 Å². The lowest BCUT2D eigenvalue weighted by atomic mass is 10.1. The van der Waals surface area contributed by atoms with E-state index >= 15 is 0 Å². The molecule has 0 radical (unpaired) electrons. The lowest BCUT2D eigenvalue weighted by Gasteiger charge is -2.07. The van der Waals surface area contributed by atoms with E-state index in [1.54, 1.807) is 24.3 Å². The number of hydrogen-bond donors (Lipinski definition) is 2. The number of nitrogens with one attached hydrogen (secondary N) is 1. The van der Waals surface area contributed by atoms with Crippen LogP contribution < -0.4 is 10.5 Å². The van der Waals surface area contributed by atoms with Gasteiger partial charge in [0.2, 0.25) is 10.0 Å².